The first kappa shape index (κ1) is 9.71. The van der Waals surface area contributed by atoms with Gasteiger partial charge in [0.15, 0.2) is 0 Å². The van der Waals surface area contributed by atoms with Gasteiger partial charge in [0, 0.05) is 24.3 Å². The Bertz CT molecular complexity index is 235. The molecule has 0 aliphatic heterocycles. The first-order chi connectivity index (χ1) is 6.95. The maximum absolute atomic E-state index is 3.94. The van der Waals surface area contributed by atoms with Gasteiger partial charge >= 0.3 is 0 Å². The van der Waals surface area contributed by atoms with Crippen LogP contribution in [0.4, 0.5) is 0 Å². The molecule has 1 aliphatic carbocycles. The van der Waals surface area contributed by atoms with Gasteiger partial charge in [-0.15, -0.1) is 0 Å². The molecule has 0 radical (unpaired) electrons. The lowest BCUT2D eigenvalue weighted by Crippen LogP contribution is -2.27. The average Bonchev–Trinajstić information content (AvgIpc) is 2.58. The Labute approximate surface area is 85.3 Å². The van der Waals surface area contributed by atoms with Crippen molar-refractivity contribution in [2.45, 2.75) is 51.1 Å². The van der Waals surface area contributed by atoms with E-state index in [4.69, 9.17) is 0 Å². The number of aromatic amines is 1. The molecule has 3 nitrogen and oxygen atoms in total. The number of aromatic nitrogens is 2. The highest BCUT2D eigenvalue weighted by Crippen LogP contribution is 2.17. The largest absolute Gasteiger partial charge is 0.310 e. The molecule has 1 fully saturated rings. The molecule has 0 saturated heterocycles. The number of hydrogen-bond acceptors (Lipinski definition) is 2. The predicted octanol–water partition coefficient (Wildman–Crippen LogP) is 2.22. The topological polar surface area (TPSA) is 40.7 Å². The zero-order valence-electron chi connectivity index (χ0n) is 8.63. The van der Waals surface area contributed by atoms with Gasteiger partial charge in [-0.25, -0.2) is 0 Å². The van der Waals surface area contributed by atoms with Crippen LogP contribution in [0.1, 0.15) is 44.1 Å². The summed E-state index contributed by atoms with van der Waals surface area (Å²) < 4.78 is 0. The molecule has 2 rings (SSSR count). The Kier molecular flexibility index (Phi) is 3.57. The predicted molar refractivity (Wildman–Crippen MR) is 56.9 cm³/mol. The van der Waals surface area contributed by atoms with E-state index in [0.717, 1.165) is 12.6 Å². The zero-order valence-corrected chi connectivity index (χ0v) is 8.63. The van der Waals surface area contributed by atoms with E-state index in [1.54, 1.807) is 0 Å². The van der Waals surface area contributed by atoms with Crippen LogP contribution in [0.25, 0.3) is 0 Å². The zero-order chi connectivity index (χ0) is 9.64. The van der Waals surface area contributed by atoms with Crippen LogP contribution in [0.3, 0.4) is 0 Å². The standard InChI is InChI=1S/C11H19N3/c1-2-4-6-11(5-3-1)12-7-10-8-13-14-9-10/h8-9,11-12H,1-7H2,(H,13,14). The third kappa shape index (κ3) is 2.84. The van der Waals surface area contributed by atoms with E-state index in [1.165, 1.54) is 44.1 Å². The Morgan fingerprint density at radius 1 is 1.29 bits per heavy atom. The minimum Gasteiger partial charge on any atom is -0.310 e. The van der Waals surface area contributed by atoms with Crippen molar-refractivity contribution in [3.05, 3.63) is 18.0 Å². The van der Waals surface area contributed by atoms with E-state index in [9.17, 15) is 0 Å². The van der Waals surface area contributed by atoms with Gasteiger partial charge in [0.25, 0.3) is 0 Å². The second kappa shape index (κ2) is 5.15. The lowest BCUT2D eigenvalue weighted by atomic mass is 10.1. The van der Waals surface area contributed by atoms with Crippen molar-refractivity contribution in [2.24, 2.45) is 0 Å². The number of nitrogens with one attached hydrogen (secondary N) is 2. The van der Waals surface area contributed by atoms with Gasteiger partial charge in [-0.05, 0) is 12.8 Å². The number of H-pyrrole nitrogens is 1. The molecule has 1 heterocycles. The van der Waals surface area contributed by atoms with E-state index >= 15 is 0 Å². The minimum atomic E-state index is 0.729. The lowest BCUT2D eigenvalue weighted by molar-refractivity contribution is 0.459. The van der Waals surface area contributed by atoms with Crippen molar-refractivity contribution in [1.82, 2.24) is 15.5 Å². The molecule has 1 aromatic rings. The fourth-order valence-corrected chi connectivity index (χ4v) is 2.12. The van der Waals surface area contributed by atoms with Crippen molar-refractivity contribution in [3.63, 3.8) is 0 Å². The molecular formula is C11H19N3. The van der Waals surface area contributed by atoms with E-state index in [2.05, 4.69) is 15.5 Å². The van der Waals surface area contributed by atoms with Gasteiger partial charge in [0.2, 0.25) is 0 Å². The quantitative estimate of drug-likeness (QED) is 0.723. The highest BCUT2D eigenvalue weighted by Gasteiger charge is 2.11. The molecule has 1 aliphatic rings. The maximum atomic E-state index is 3.94. The first-order valence-corrected chi connectivity index (χ1v) is 5.66. The fourth-order valence-electron chi connectivity index (χ4n) is 2.12. The van der Waals surface area contributed by atoms with Crippen LogP contribution >= 0.6 is 0 Å². The third-order valence-electron chi connectivity index (χ3n) is 3.00. The smallest absolute Gasteiger partial charge is 0.0532 e. The molecule has 78 valence electrons. The van der Waals surface area contributed by atoms with Crippen molar-refractivity contribution < 1.29 is 0 Å². The summed E-state index contributed by atoms with van der Waals surface area (Å²) in [5, 5.41) is 10.4. The summed E-state index contributed by atoms with van der Waals surface area (Å²) in [7, 11) is 0. The Balaban J connectivity index is 1.73. The van der Waals surface area contributed by atoms with Crippen LogP contribution < -0.4 is 5.32 Å². The summed E-state index contributed by atoms with van der Waals surface area (Å²) in [6.07, 6.45) is 12.2. The molecule has 2 N–H and O–H groups in total. The van der Waals surface area contributed by atoms with Crippen LogP contribution in [0, 0.1) is 0 Å². The van der Waals surface area contributed by atoms with Crippen molar-refractivity contribution in [2.75, 3.05) is 0 Å². The molecule has 3 heteroatoms. The number of hydrogen-bond donors (Lipinski definition) is 2. The average molecular weight is 193 g/mol. The van der Waals surface area contributed by atoms with Crippen molar-refractivity contribution in [3.8, 4) is 0 Å². The summed E-state index contributed by atoms with van der Waals surface area (Å²) >= 11 is 0. The van der Waals surface area contributed by atoms with Crippen LogP contribution in [0.15, 0.2) is 12.4 Å². The Hall–Kier alpha value is -0.830. The highest BCUT2D eigenvalue weighted by atomic mass is 15.1. The molecule has 1 aromatic heterocycles. The van der Waals surface area contributed by atoms with E-state index in [0.29, 0.717) is 0 Å². The first-order valence-electron chi connectivity index (χ1n) is 5.66. The summed E-state index contributed by atoms with van der Waals surface area (Å²) in [5.74, 6) is 0. The molecule has 0 bridgehead atoms. The SMILES string of the molecule is c1n[nH]cc1CNC1CCCCCC1. The van der Waals surface area contributed by atoms with Gasteiger partial charge < -0.3 is 5.32 Å². The summed E-state index contributed by atoms with van der Waals surface area (Å²) in [6.45, 7) is 0.959. The van der Waals surface area contributed by atoms with Crippen LogP contribution in [-0.4, -0.2) is 16.2 Å². The second-order valence-corrected chi connectivity index (χ2v) is 4.18. The lowest BCUT2D eigenvalue weighted by Gasteiger charge is -2.15. The molecule has 0 unspecified atom stereocenters. The van der Waals surface area contributed by atoms with E-state index in [-0.39, 0.29) is 0 Å². The van der Waals surface area contributed by atoms with Crippen molar-refractivity contribution >= 4 is 0 Å². The van der Waals surface area contributed by atoms with Gasteiger partial charge in [-0.3, -0.25) is 5.10 Å². The maximum Gasteiger partial charge on any atom is 0.0532 e. The monoisotopic (exact) mass is 193 g/mol. The molecule has 0 spiro atoms. The molecular weight excluding hydrogens is 174 g/mol. The Morgan fingerprint density at radius 2 is 2.07 bits per heavy atom. The summed E-state index contributed by atoms with van der Waals surface area (Å²) in [5.41, 5.74) is 1.26. The van der Waals surface area contributed by atoms with Crippen LogP contribution in [-0.2, 0) is 6.54 Å². The number of nitrogens with zero attached hydrogens (tertiary/aromatic N) is 1. The fraction of sp³-hybridized carbons (Fsp3) is 0.727. The van der Waals surface area contributed by atoms with Crippen LogP contribution in [0.2, 0.25) is 0 Å². The molecule has 1 saturated carbocycles. The molecule has 14 heavy (non-hydrogen) atoms. The van der Waals surface area contributed by atoms with Gasteiger partial charge in [0.1, 0.15) is 0 Å². The Morgan fingerprint density at radius 3 is 2.71 bits per heavy atom. The molecule has 0 aromatic carbocycles. The van der Waals surface area contributed by atoms with Crippen LogP contribution in [0.5, 0.6) is 0 Å². The van der Waals surface area contributed by atoms with Crippen molar-refractivity contribution in [1.29, 1.82) is 0 Å². The van der Waals surface area contributed by atoms with Gasteiger partial charge in [-0.1, -0.05) is 25.7 Å². The highest BCUT2D eigenvalue weighted by molar-refractivity contribution is 5.01. The van der Waals surface area contributed by atoms with E-state index in [1.807, 2.05) is 12.4 Å². The summed E-state index contributed by atoms with van der Waals surface area (Å²) in [6, 6.07) is 0.729. The number of rotatable bonds is 3. The third-order valence-corrected chi connectivity index (χ3v) is 3.00. The molecule has 0 atom stereocenters. The van der Waals surface area contributed by atoms with E-state index < -0.39 is 0 Å². The molecule has 0 amide bonds. The summed E-state index contributed by atoms with van der Waals surface area (Å²) in [4.78, 5) is 0. The normalized spacial score (nSPS) is 19.4. The second-order valence-electron chi connectivity index (χ2n) is 4.18. The van der Waals surface area contributed by atoms with Gasteiger partial charge in [-0.2, -0.15) is 5.10 Å². The minimum absolute atomic E-state index is 0.729. The van der Waals surface area contributed by atoms with Gasteiger partial charge in [0.05, 0.1) is 6.20 Å².